The zero-order chi connectivity index (χ0) is 11.5. The largest absolute Gasteiger partial charge is 0.242 e. The Morgan fingerprint density at radius 1 is 1.40 bits per heavy atom. The Morgan fingerprint density at radius 2 is 2.07 bits per heavy atom. The van der Waals surface area contributed by atoms with Gasteiger partial charge >= 0.3 is 0 Å². The van der Waals surface area contributed by atoms with Gasteiger partial charge in [-0.3, -0.25) is 0 Å². The van der Waals surface area contributed by atoms with Crippen molar-refractivity contribution in [3.63, 3.8) is 0 Å². The molecule has 1 N–H and O–H groups in total. The summed E-state index contributed by atoms with van der Waals surface area (Å²) in [6, 6.07) is 5.04. The molecule has 1 aromatic rings. The number of halogens is 1. The van der Waals surface area contributed by atoms with E-state index in [2.05, 4.69) is 4.72 Å². The maximum Gasteiger partial charge on any atom is 0.242 e. The van der Waals surface area contributed by atoms with Crippen LogP contribution in [0.15, 0.2) is 23.1 Å². The molecule has 0 saturated carbocycles. The van der Waals surface area contributed by atoms with E-state index in [4.69, 9.17) is 11.6 Å². The summed E-state index contributed by atoms with van der Waals surface area (Å²) in [4.78, 5) is 0.181. The van der Waals surface area contributed by atoms with Crippen molar-refractivity contribution in [3.05, 3.63) is 28.8 Å². The number of hydrogen-bond acceptors (Lipinski definition) is 2. The number of sulfonamides is 1. The number of hydrogen-bond donors (Lipinski definition) is 1. The molecule has 0 spiro atoms. The summed E-state index contributed by atoms with van der Waals surface area (Å²) in [7, 11) is -3.47. The van der Waals surface area contributed by atoms with Gasteiger partial charge in [-0.05, 0) is 25.0 Å². The third-order valence-electron chi connectivity index (χ3n) is 1.97. The Labute approximate surface area is 95.5 Å². The van der Waals surface area contributed by atoms with Crippen molar-refractivity contribution < 1.29 is 8.42 Å². The van der Waals surface area contributed by atoms with Gasteiger partial charge < -0.3 is 0 Å². The molecule has 0 aromatic heterocycles. The minimum Gasteiger partial charge on any atom is -0.211 e. The summed E-state index contributed by atoms with van der Waals surface area (Å²) < 4.78 is 26.2. The van der Waals surface area contributed by atoms with E-state index in [-0.39, 0.29) is 9.92 Å². The lowest BCUT2D eigenvalue weighted by molar-refractivity contribution is 0.580. The minimum atomic E-state index is -3.47. The van der Waals surface area contributed by atoms with Crippen LogP contribution in [0, 0.1) is 6.92 Å². The monoisotopic (exact) mass is 247 g/mol. The van der Waals surface area contributed by atoms with Crippen molar-refractivity contribution in [2.45, 2.75) is 25.2 Å². The Balaban J connectivity index is 3.15. The van der Waals surface area contributed by atoms with Crippen LogP contribution in [0.1, 0.15) is 18.9 Å². The van der Waals surface area contributed by atoms with Gasteiger partial charge in [0, 0.05) is 6.54 Å². The summed E-state index contributed by atoms with van der Waals surface area (Å²) in [5.74, 6) is 0. The molecule has 15 heavy (non-hydrogen) atoms. The zero-order valence-electron chi connectivity index (χ0n) is 8.75. The second-order valence-corrected chi connectivity index (χ2v) is 5.39. The normalized spacial score (nSPS) is 11.7. The van der Waals surface area contributed by atoms with E-state index in [9.17, 15) is 8.42 Å². The van der Waals surface area contributed by atoms with Crippen LogP contribution in [-0.2, 0) is 10.0 Å². The average molecular weight is 248 g/mol. The highest BCUT2D eigenvalue weighted by molar-refractivity contribution is 7.89. The zero-order valence-corrected chi connectivity index (χ0v) is 10.3. The quantitative estimate of drug-likeness (QED) is 0.888. The Bertz CT molecular complexity index is 422. The first kappa shape index (κ1) is 12.5. The molecule has 0 aliphatic heterocycles. The van der Waals surface area contributed by atoms with Crippen molar-refractivity contribution in [2.24, 2.45) is 0 Å². The molecule has 5 heteroatoms. The topological polar surface area (TPSA) is 46.2 Å². The van der Waals surface area contributed by atoms with Crippen molar-refractivity contribution in [2.75, 3.05) is 6.54 Å². The van der Waals surface area contributed by atoms with Crippen molar-refractivity contribution in [1.29, 1.82) is 0 Å². The molecular formula is C10H14ClNO2S. The molecule has 0 saturated heterocycles. The van der Waals surface area contributed by atoms with Gasteiger partial charge in [0.05, 0.1) is 5.02 Å². The summed E-state index contributed by atoms with van der Waals surface area (Å²) in [6.45, 7) is 4.06. The predicted molar refractivity (Wildman–Crippen MR) is 61.7 cm³/mol. The maximum atomic E-state index is 11.8. The van der Waals surface area contributed by atoms with Gasteiger partial charge in [0.1, 0.15) is 4.90 Å². The molecule has 1 aromatic carbocycles. The average Bonchev–Trinajstić information content (AvgIpc) is 2.14. The van der Waals surface area contributed by atoms with Crippen LogP contribution in [0.5, 0.6) is 0 Å². The first-order valence-corrected chi connectivity index (χ1v) is 6.60. The van der Waals surface area contributed by atoms with Crippen molar-refractivity contribution >= 4 is 21.6 Å². The van der Waals surface area contributed by atoms with Gasteiger partial charge in [0.2, 0.25) is 10.0 Å². The highest BCUT2D eigenvalue weighted by Gasteiger charge is 2.19. The Kier molecular flexibility index (Phi) is 4.13. The van der Waals surface area contributed by atoms with Crippen LogP contribution >= 0.6 is 11.6 Å². The highest BCUT2D eigenvalue weighted by Crippen LogP contribution is 2.24. The first-order valence-electron chi connectivity index (χ1n) is 4.74. The fourth-order valence-corrected chi connectivity index (χ4v) is 3.23. The Morgan fingerprint density at radius 3 is 2.60 bits per heavy atom. The van der Waals surface area contributed by atoms with Crippen LogP contribution in [-0.4, -0.2) is 15.0 Å². The molecule has 0 unspecified atom stereocenters. The summed E-state index contributed by atoms with van der Waals surface area (Å²) in [6.07, 6.45) is 0.753. The lowest BCUT2D eigenvalue weighted by atomic mass is 10.2. The van der Waals surface area contributed by atoms with Gasteiger partial charge in [0.15, 0.2) is 0 Å². The molecule has 84 valence electrons. The first-order chi connectivity index (χ1) is 6.99. The summed E-state index contributed by atoms with van der Waals surface area (Å²) in [5, 5.41) is 0.263. The van der Waals surface area contributed by atoms with E-state index in [1.165, 1.54) is 0 Å². The standard InChI is InChI=1S/C10H14ClNO2S/c1-3-7-12-15(13,14)10-8(2)5-4-6-9(10)11/h4-6,12H,3,7H2,1-2H3. The van der Waals surface area contributed by atoms with Gasteiger partial charge in [-0.1, -0.05) is 30.7 Å². The van der Waals surface area contributed by atoms with Crippen LogP contribution in [0.25, 0.3) is 0 Å². The van der Waals surface area contributed by atoms with E-state index >= 15 is 0 Å². The fraction of sp³-hybridized carbons (Fsp3) is 0.400. The molecule has 0 amide bonds. The molecule has 0 aliphatic carbocycles. The molecule has 0 atom stereocenters. The highest BCUT2D eigenvalue weighted by atomic mass is 35.5. The molecule has 1 rings (SSSR count). The van der Waals surface area contributed by atoms with Crippen LogP contribution in [0.4, 0.5) is 0 Å². The smallest absolute Gasteiger partial charge is 0.211 e. The van der Waals surface area contributed by atoms with E-state index in [0.717, 1.165) is 6.42 Å². The molecule has 0 aliphatic rings. The minimum absolute atomic E-state index is 0.181. The second kappa shape index (κ2) is 4.96. The van der Waals surface area contributed by atoms with Crippen LogP contribution < -0.4 is 4.72 Å². The Hall–Kier alpha value is -0.580. The van der Waals surface area contributed by atoms with E-state index < -0.39 is 10.0 Å². The molecule has 0 heterocycles. The van der Waals surface area contributed by atoms with Gasteiger partial charge in [-0.15, -0.1) is 0 Å². The summed E-state index contributed by atoms with van der Waals surface area (Å²) in [5.41, 5.74) is 0.658. The lowest BCUT2D eigenvalue weighted by Gasteiger charge is -2.09. The van der Waals surface area contributed by atoms with Gasteiger partial charge in [0.25, 0.3) is 0 Å². The third kappa shape index (κ3) is 2.93. The van der Waals surface area contributed by atoms with Crippen molar-refractivity contribution in [3.8, 4) is 0 Å². The third-order valence-corrected chi connectivity index (χ3v) is 4.07. The number of benzene rings is 1. The molecule has 0 bridgehead atoms. The van der Waals surface area contributed by atoms with E-state index in [1.54, 1.807) is 25.1 Å². The molecular weight excluding hydrogens is 234 g/mol. The van der Waals surface area contributed by atoms with E-state index in [1.807, 2.05) is 6.92 Å². The molecule has 3 nitrogen and oxygen atoms in total. The van der Waals surface area contributed by atoms with Crippen molar-refractivity contribution in [1.82, 2.24) is 4.72 Å². The number of rotatable bonds is 4. The summed E-state index contributed by atoms with van der Waals surface area (Å²) >= 11 is 5.87. The SMILES string of the molecule is CCCNS(=O)(=O)c1c(C)cccc1Cl. The number of nitrogens with one attached hydrogen (secondary N) is 1. The lowest BCUT2D eigenvalue weighted by Crippen LogP contribution is -2.25. The van der Waals surface area contributed by atoms with Crippen LogP contribution in [0.2, 0.25) is 5.02 Å². The molecule has 0 fully saturated rings. The number of aryl methyl sites for hydroxylation is 1. The second-order valence-electron chi connectivity index (χ2n) is 3.28. The van der Waals surface area contributed by atoms with E-state index in [0.29, 0.717) is 12.1 Å². The predicted octanol–water partition coefficient (Wildman–Crippen LogP) is 2.34. The molecule has 0 radical (unpaired) electrons. The fourth-order valence-electron chi connectivity index (χ4n) is 1.27. The maximum absolute atomic E-state index is 11.8. The van der Waals surface area contributed by atoms with Gasteiger partial charge in [-0.25, -0.2) is 13.1 Å². The van der Waals surface area contributed by atoms with Gasteiger partial charge in [-0.2, -0.15) is 0 Å². The van der Waals surface area contributed by atoms with Crippen LogP contribution in [0.3, 0.4) is 0 Å².